The van der Waals surface area contributed by atoms with Crippen molar-refractivity contribution in [1.29, 1.82) is 0 Å². The van der Waals surface area contributed by atoms with Crippen molar-refractivity contribution in [1.82, 2.24) is 9.62 Å². The van der Waals surface area contributed by atoms with Crippen LogP contribution in [-0.2, 0) is 16.6 Å². The molecule has 1 unspecified atom stereocenters. The third-order valence-corrected chi connectivity index (χ3v) is 6.94. The van der Waals surface area contributed by atoms with Gasteiger partial charge in [-0.3, -0.25) is 0 Å². The van der Waals surface area contributed by atoms with E-state index in [2.05, 4.69) is 16.5 Å². The Kier molecular flexibility index (Phi) is 6.19. The van der Waals surface area contributed by atoms with Crippen molar-refractivity contribution in [3.05, 3.63) is 17.0 Å². The molecule has 1 aromatic heterocycles. The summed E-state index contributed by atoms with van der Waals surface area (Å²) in [7, 11) is -3.43. The smallest absolute Gasteiger partial charge is 0.250 e. The highest BCUT2D eigenvalue weighted by molar-refractivity contribution is 7.91. The summed E-state index contributed by atoms with van der Waals surface area (Å²) in [6.07, 6.45) is 4.61. The normalized spacial score (nSPS) is 20.8. The lowest BCUT2D eigenvalue weighted by Gasteiger charge is -2.33. The Labute approximate surface area is 131 Å². The molecule has 0 amide bonds. The molecule has 1 atom stereocenters. The average Bonchev–Trinajstić information content (AvgIpc) is 2.95. The molecule has 2 N–H and O–H groups in total. The summed E-state index contributed by atoms with van der Waals surface area (Å²) in [6.45, 7) is 4.64. The summed E-state index contributed by atoms with van der Waals surface area (Å²) in [4.78, 5) is 3.10. The van der Waals surface area contributed by atoms with Crippen LogP contribution in [0, 0.1) is 0 Å². The summed E-state index contributed by atoms with van der Waals surface area (Å²) in [5.74, 6) is 0. The van der Waals surface area contributed by atoms with E-state index < -0.39 is 10.0 Å². The molecule has 0 spiro atoms. The number of sulfonamides is 1. The zero-order valence-electron chi connectivity index (χ0n) is 12.4. The number of hydrogen-bond donors (Lipinski definition) is 2. The van der Waals surface area contributed by atoms with Crippen LogP contribution in [-0.4, -0.2) is 44.1 Å². The van der Waals surface area contributed by atoms with E-state index in [1.165, 1.54) is 19.3 Å². The van der Waals surface area contributed by atoms with Crippen LogP contribution in [0.2, 0.25) is 0 Å². The van der Waals surface area contributed by atoms with Crippen LogP contribution in [0.1, 0.15) is 37.5 Å². The number of rotatable bonds is 7. The third kappa shape index (κ3) is 4.75. The Hall–Kier alpha value is -0.470. The van der Waals surface area contributed by atoms with Crippen molar-refractivity contribution in [2.24, 2.45) is 0 Å². The van der Waals surface area contributed by atoms with Gasteiger partial charge in [-0.2, -0.15) is 0 Å². The number of piperidine rings is 1. The van der Waals surface area contributed by atoms with E-state index in [4.69, 9.17) is 5.11 Å². The van der Waals surface area contributed by atoms with Gasteiger partial charge in [0.25, 0.3) is 0 Å². The van der Waals surface area contributed by atoms with Crippen LogP contribution in [0.3, 0.4) is 0 Å². The molecule has 0 aromatic carbocycles. The van der Waals surface area contributed by atoms with E-state index in [1.54, 1.807) is 12.1 Å². The van der Waals surface area contributed by atoms with Gasteiger partial charge in [-0.05, 0) is 51.4 Å². The van der Waals surface area contributed by atoms with Gasteiger partial charge < -0.3 is 10.0 Å². The van der Waals surface area contributed by atoms with Gasteiger partial charge >= 0.3 is 0 Å². The highest BCUT2D eigenvalue weighted by Gasteiger charge is 2.19. The minimum absolute atomic E-state index is 0.118. The zero-order chi connectivity index (χ0) is 15.3. The lowest BCUT2D eigenvalue weighted by molar-refractivity contribution is 0.159. The van der Waals surface area contributed by atoms with Gasteiger partial charge in [0, 0.05) is 17.5 Å². The highest BCUT2D eigenvalue weighted by atomic mass is 32.2. The fourth-order valence-corrected chi connectivity index (χ4v) is 4.97. The first-order valence-electron chi connectivity index (χ1n) is 7.46. The van der Waals surface area contributed by atoms with Gasteiger partial charge in [-0.1, -0.05) is 6.42 Å². The molecule has 0 aliphatic carbocycles. The fraction of sp³-hybridized carbons (Fsp3) is 0.714. The molecule has 120 valence electrons. The molecule has 1 saturated heterocycles. The van der Waals surface area contributed by atoms with Gasteiger partial charge in [0.2, 0.25) is 10.0 Å². The predicted molar refractivity (Wildman–Crippen MR) is 84.9 cm³/mol. The van der Waals surface area contributed by atoms with Crippen molar-refractivity contribution in [3.63, 3.8) is 0 Å². The van der Waals surface area contributed by atoms with E-state index in [1.807, 2.05) is 0 Å². The molecular weight excluding hydrogens is 308 g/mol. The molecule has 2 rings (SSSR count). The van der Waals surface area contributed by atoms with Gasteiger partial charge in [-0.25, -0.2) is 13.1 Å². The van der Waals surface area contributed by atoms with Gasteiger partial charge in [0.1, 0.15) is 4.21 Å². The highest BCUT2D eigenvalue weighted by Crippen LogP contribution is 2.21. The topological polar surface area (TPSA) is 69.6 Å². The summed E-state index contributed by atoms with van der Waals surface area (Å²) in [5, 5.41) is 8.99. The minimum atomic E-state index is -3.43. The van der Waals surface area contributed by atoms with E-state index >= 15 is 0 Å². The molecular formula is C14H24N2O3S2. The SMILES string of the molecule is CC1CCCCN1CCCNS(=O)(=O)c1ccc(CO)s1. The number of aliphatic hydroxyl groups excluding tert-OH is 1. The quantitative estimate of drug-likeness (QED) is 0.747. The first-order valence-corrected chi connectivity index (χ1v) is 9.76. The van der Waals surface area contributed by atoms with E-state index in [0.29, 0.717) is 17.5 Å². The number of hydrogen-bond acceptors (Lipinski definition) is 5. The molecule has 0 saturated carbocycles. The van der Waals surface area contributed by atoms with Crippen molar-refractivity contribution in [2.45, 2.75) is 49.5 Å². The first-order chi connectivity index (χ1) is 10.0. The summed E-state index contributed by atoms with van der Waals surface area (Å²) >= 11 is 1.12. The first kappa shape index (κ1) is 16.9. The Morgan fingerprint density at radius 2 is 2.24 bits per heavy atom. The second kappa shape index (κ2) is 7.69. The molecule has 0 bridgehead atoms. The third-order valence-electron chi connectivity index (χ3n) is 3.91. The molecule has 1 aliphatic heterocycles. The van der Waals surface area contributed by atoms with Crippen LogP contribution in [0.15, 0.2) is 16.3 Å². The largest absolute Gasteiger partial charge is 0.391 e. The number of nitrogens with zero attached hydrogens (tertiary/aromatic N) is 1. The van der Waals surface area contributed by atoms with E-state index in [9.17, 15) is 8.42 Å². The molecule has 1 aromatic rings. The second-order valence-corrected chi connectivity index (χ2v) is 8.67. The van der Waals surface area contributed by atoms with Gasteiger partial charge in [0.15, 0.2) is 0 Å². The number of aliphatic hydroxyl groups is 1. The number of nitrogens with one attached hydrogen (secondary N) is 1. The van der Waals surface area contributed by atoms with Crippen LogP contribution in [0.4, 0.5) is 0 Å². The lowest BCUT2D eigenvalue weighted by atomic mass is 10.0. The number of likely N-dealkylation sites (tertiary alicyclic amines) is 1. The predicted octanol–water partition coefficient (Wildman–Crippen LogP) is 1.78. The fourth-order valence-electron chi connectivity index (χ4n) is 2.64. The van der Waals surface area contributed by atoms with Gasteiger partial charge in [-0.15, -0.1) is 11.3 Å². The van der Waals surface area contributed by atoms with Crippen LogP contribution < -0.4 is 4.72 Å². The Morgan fingerprint density at radius 1 is 1.43 bits per heavy atom. The maximum Gasteiger partial charge on any atom is 0.250 e. The standard InChI is InChI=1S/C14H24N2O3S2/c1-12-5-2-3-9-16(12)10-4-8-15-21(18,19)14-7-6-13(11-17)20-14/h6-7,12,15,17H,2-5,8-11H2,1H3. The Bertz CT molecular complexity index is 542. The molecule has 7 heteroatoms. The van der Waals surface area contributed by atoms with Crippen molar-refractivity contribution in [3.8, 4) is 0 Å². The molecule has 5 nitrogen and oxygen atoms in total. The van der Waals surface area contributed by atoms with E-state index in [-0.39, 0.29) is 10.8 Å². The Balaban J connectivity index is 1.77. The Morgan fingerprint density at radius 3 is 2.90 bits per heavy atom. The maximum atomic E-state index is 12.1. The van der Waals surface area contributed by atoms with Crippen LogP contribution in [0.5, 0.6) is 0 Å². The minimum Gasteiger partial charge on any atom is -0.391 e. The zero-order valence-corrected chi connectivity index (χ0v) is 14.0. The van der Waals surface area contributed by atoms with Crippen molar-refractivity contribution < 1.29 is 13.5 Å². The summed E-state index contributed by atoms with van der Waals surface area (Å²) in [5.41, 5.74) is 0. The van der Waals surface area contributed by atoms with Crippen LogP contribution >= 0.6 is 11.3 Å². The van der Waals surface area contributed by atoms with Gasteiger partial charge in [0.05, 0.1) is 6.61 Å². The molecule has 1 fully saturated rings. The van der Waals surface area contributed by atoms with Crippen LogP contribution in [0.25, 0.3) is 0 Å². The molecule has 1 aliphatic rings. The van der Waals surface area contributed by atoms with E-state index in [0.717, 1.165) is 30.8 Å². The molecule has 2 heterocycles. The average molecular weight is 332 g/mol. The molecule has 0 radical (unpaired) electrons. The second-order valence-electron chi connectivity index (χ2n) is 5.51. The number of thiophene rings is 1. The lowest BCUT2D eigenvalue weighted by Crippen LogP contribution is -2.39. The summed E-state index contributed by atoms with van der Waals surface area (Å²) < 4.78 is 27.1. The monoisotopic (exact) mass is 332 g/mol. The maximum absolute atomic E-state index is 12.1. The van der Waals surface area contributed by atoms with Crippen molar-refractivity contribution in [2.75, 3.05) is 19.6 Å². The van der Waals surface area contributed by atoms with Crippen molar-refractivity contribution >= 4 is 21.4 Å². The summed E-state index contributed by atoms with van der Waals surface area (Å²) in [6, 6.07) is 3.81. The molecule has 21 heavy (non-hydrogen) atoms.